The average molecular weight is 496 g/mol. The Kier molecular flexibility index (Phi) is 6.59. The Hall–Kier alpha value is -3.01. The summed E-state index contributed by atoms with van der Waals surface area (Å²) in [4.78, 5) is 40.3. The molecule has 2 aromatic carbocycles. The number of hydrogen-bond acceptors (Lipinski definition) is 4. The zero-order valence-electron chi connectivity index (χ0n) is 16.8. The maximum atomic E-state index is 13.0. The number of nitrogens with one attached hydrogen (secondary N) is 1. The van der Waals surface area contributed by atoms with Gasteiger partial charge in [-0.25, -0.2) is 4.79 Å². The van der Waals surface area contributed by atoms with E-state index < -0.39 is 36.5 Å². The number of halogens is 3. The van der Waals surface area contributed by atoms with Gasteiger partial charge in [-0.3, -0.25) is 14.5 Å². The summed E-state index contributed by atoms with van der Waals surface area (Å²) in [7, 11) is 1.53. The number of ether oxygens (including phenoxy) is 1. The highest BCUT2D eigenvalue weighted by molar-refractivity contribution is 9.10. The van der Waals surface area contributed by atoms with Gasteiger partial charge in [0, 0.05) is 23.6 Å². The summed E-state index contributed by atoms with van der Waals surface area (Å²) in [5.41, 5.74) is -0.0354. The second kappa shape index (κ2) is 9.01. The summed E-state index contributed by atoms with van der Waals surface area (Å²) >= 11 is 3.39. The van der Waals surface area contributed by atoms with Crippen LogP contribution >= 0.6 is 15.9 Å². The molecule has 31 heavy (non-hydrogen) atoms. The first kappa shape index (κ1) is 22.7. The van der Waals surface area contributed by atoms with Crippen LogP contribution in [0.25, 0.3) is 0 Å². The van der Waals surface area contributed by atoms with Gasteiger partial charge < -0.3 is 15.0 Å². The Morgan fingerprint density at radius 2 is 1.84 bits per heavy atom. The van der Waals surface area contributed by atoms with Crippen molar-refractivity contribution in [1.82, 2.24) is 15.1 Å². The number of carbonyl (C=O) groups excluding carboxylic acids is 3. The van der Waals surface area contributed by atoms with Crippen LogP contribution in [0.1, 0.15) is 18.1 Å². The van der Waals surface area contributed by atoms with Crippen LogP contribution in [-0.2, 0) is 21.7 Å². The number of carbonyl (C=O) groups is 3. The van der Waals surface area contributed by atoms with E-state index in [1.54, 1.807) is 43.3 Å². The molecule has 1 aliphatic rings. The van der Waals surface area contributed by atoms with Crippen molar-refractivity contribution >= 4 is 33.8 Å². The maximum Gasteiger partial charge on any atom is 0.387 e. The van der Waals surface area contributed by atoms with Crippen LogP contribution in [0.3, 0.4) is 0 Å². The second-order valence-electron chi connectivity index (χ2n) is 7.20. The molecule has 4 amide bonds. The third kappa shape index (κ3) is 4.84. The van der Waals surface area contributed by atoms with E-state index in [0.29, 0.717) is 15.6 Å². The average Bonchev–Trinajstić information content (AvgIpc) is 2.93. The molecule has 1 saturated heterocycles. The van der Waals surface area contributed by atoms with Gasteiger partial charge in [-0.15, -0.1) is 0 Å². The monoisotopic (exact) mass is 495 g/mol. The van der Waals surface area contributed by atoms with Gasteiger partial charge in [0.2, 0.25) is 5.91 Å². The molecular formula is C21H20BrF2N3O4. The Labute approximate surface area is 186 Å². The minimum Gasteiger partial charge on any atom is -0.435 e. The molecule has 0 spiro atoms. The predicted molar refractivity (Wildman–Crippen MR) is 111 cm³/mol. The molecule has 3 rings (SSSR count). The van der Waals surface area contributed by atoms with Gasteiger partial charge in [0.1, 0.15) is 17.8 Å². The SMILES string of the molecule is CN(Cc1ccc(OC(F)F)cc1)C(=O)CN1C(=O)N[C@@](C)(c2ccccc2Br)C1=O. The van der Waals surface area contributed by atoms with Crippen LogP contribution in [0.15, 0.2) is 53.0 Å². The molecule has 1 aliphatic heterocycles. The van der Waals surface area contributed by atoms with Crippen molar-refractivity contribution in [1.29, 1.82) is 0 Å². The lowest BCUT2D eigenvalue weighted by Crippen LogP contribution is -2.43. The number of imide groups is 1. The summed E-state index contributed by atoms with van der Waals surface area (Å²) in [6.07, 6.45) is 0. The number of hydrogen-bond donors (Lipinski definition) is 1. The van der Waals surface area contributed by atoms with Gasteiger partial charge in [0.05, 0.1) is 0 Å². The first-order valence-corrected chi connectivity index (χ1v) is 10.1. The normalized spacial score (nSPS) is 18.3. The summed E-state index contributed by atoms with van der Waals surface area (Å²) in [5, 5.41) is 2.66. The lowest BCUT2D eigenvalue weighted by atomic mass is 9.92. The quantitative estimate of drug-likeness (QED) is 0.596. The first-order chi connectivity index (χ1) is 14.6. The van der Waals surface area contributed by atoms with Crippen LogP contribution in [-0.4, -0.2) is 47.8 Å². The molecule has 0 saturated carbocycles. The van der Waals surface area contributed by atoms with E-state index in [2.05, 4.69) is 26.0 Å². The van der Waals surface area contributed by atoms with E-state index in [4.69, 9.17) is 0 Å². The van der Waals surface area contributed by atoms with Crippen molar-refractivity contribution in [2.24, 2.45) is 0 Å². The summed E-state index contributed by atoms with van der Waals surface area (Å²) in [6.45, 7) is -1.58. The standard InChI is InChI=1S/C21H20BrF2N3O4/c1-21(15-5-3-4-6-16(15)22)18(29)27(20(30)25-21)12-17(28)26(2)11-13-7-9-14(10-8-13)31-19(23)24/h3-10,19H,11-12H2,1-2H3,(H,25,30)/t21-/m0/s1. The zero-order valence-corrected chi connectivity index (χ0v) is 18.4. The fraction of sp³-hybridized carbons (Fsp3) is 0.286. The minimum absolute atomic E-state index is 0.0124. The van der Waals surface area contributed by atoms with Crippen molar-refractivity contribution in [3.8, 4) is 5.75 Å². The van der Waals surface area contributed by atoms with Crippen molar-refractivity contribution in [3.63, 3.8) is 0 Å². The molecule has 1 atom stereocenters. The summed E-state index contributed by atoms with van der Waals surface area (Å²) < 4.78 is 29.4. The van der Waals surface area contributed by atoms with Gasteiger partial charge >= 0.3 is 12.6 Å². The number of rotatable bonds is 7. The van der Waals surface area contributed by atoms with E-state index in [1.807, 2.05) is 0 Å². The maximum absolute atomic E-state index is 13.0. The predicted octanol–water partition coefficient (Wildman–Crippen LogP) is 3.48. The van der Waals surface area contributed by atoms with E-state index in [0.717, 1.165) is 4.90 Å². The van der Waals surface area contributed by atoms with Gasteiger partial charge in [0.15, 0.2) is 0 Å². The number of alkyl halides is 2. The molecule has 0 unspecified atom stereocenters. The topological polar surface area (TPSA) is 79.0 Å². The van der Waals surface area contributed by atoms with Crippen LogP contribution in [0, 0.1) is 0 Å². The lowest BCUT2D eigenvalue weighted by Gasteiger charge is -2.24. The Bertz CT molecular complexity index is 1000. The van der Waals surface area contributed by atoms with Crippen LogP contribution in [0.5, 0.6) is 5.75 Å². The van der Waals surface area contributed by atoms with Gasteiger partial charge in [-0.2, -0.15) is 8.78 Å². The fourth-order valence-corrected chi connectivity index (χ4v) is 3.97. The van der Waals surface area contributed by atoms with Gasteiger partial charge in [-0.05, 0) is 30.7 Å². The summed E-state index contributed by atoms with van der Waals surface area (Å²) in [6, 6.07) is 12.2. The second-order valence-corrected chi connectivity index (χ2v) is 8.05. The molecule has 164 valence electrons. The molecular weight excluding hydrogens is 476 g/mol. The van der Waals surface area contributed by atoms with Crippen molar-refractivity contribution in [2.75, 3.05) is 13.6 Å². The number of nitrogens with zero attached hydrogens (tertiary/aromatic N) is 2. The molecule has 10 heteroatoms. The third-order valence-corrected chi connectivity index (χ3v) is 5.67. The van der Waals surface area contributed by atoms with Crippen LogP contribution in [0.4, 0.5) is 13.6 Å². The number of amides is 4. The fourth-order valence-electron chi connectivity index (χ4n) is 3.28. The Morgan fingerprint density at radius 3 is 2.45 bits per heavy atom. The largest absolute Gasteiger partial charge is 0.435 e. The lowest BCUT2D eigenvalue weighted by molar-refractivity contribution is -0.138. The van der Waals surface area contributed by atoms with E-state index in [-0.39, 0.29) is 12.3 Å². The molecule has 0 aliphatic carbocycles. The highest BCUT2D eigenvalue weighted by atomic mass is 79.9. The zero-order chi connectivity index (χ0) is 22.8. The third-order valence-electron chi connectivity index (χ3n) is 4.97. The van der Waals surface area contributed by atoms with E-state index in [1.165, 1.54) is 24.1 Å². The van der Waals surface area contributed by atoms with Gasteiger partial charge in [0.25, 0.3) is 5.91 Å². The minimum atomic E-state index is -2.92. The van der Waals surface area contributed by atoms with E-state index in [9.17, 15) is 23.2 Å². The van der Waals surface area contributed by atoms with Gasteiger partial charge in [-0.1, -0.05) is 46.3 Å². The molecule has 1 fully saturated rings. The molecule has 0 radical (unpaired) electrons. The highest BCUT2D eigenvalue weighted by Gasteiger charge is 2.50. The van der Waals surface area contributed by atoms with E-state index >= 15 is 0 Å². The van der Waals surface area contributed by atoms with Crippen LogP contribution < -0.4 is 10.1 Å². The Morgan fingerprint density at radius 1 is 1.19 bits per heavy atom. The molecule has 1 N–H and O–H groups in total. The number of likely N-dealkylation sites (N-methyl/N-ethyl adjacent to an activating group) is 1. The number of urea groups is 1. The van der Waals surface area contributed by atoms with Crippen LogP contribution in [0.2, 0.25) is 0 Å². The Balaban J connectivity index is 1.66. The molecule has 7 nitrogen and oxygen atoms in total. The molecule has 0 bridgehead atoms. The van der Waals surface area contributed by atoms with Crippen molar-refractivity contribution in [2.45, 2.75) is 25.6 Å². The number of benzene rings is 2. The van der Waals surface area contributed by atoms with Crippen molar-refractivity contribution < 1.29 is 27.9 Å². The van der Waals surface area contributed by atoms with Crippen molar-refractivity contribution in [3.05, 3.63) is 64.1 Å². The smallest absolute Gasteiger partial charge is 0.387 e. The molecule has 1 heterocycles. The first-order valence-electron chi connectivity index (χ1n) is 9.28. The molecule has 2 aromatic rings. The molecule has 0 aromatic heterocycles. The summed E-state index contributed by atoms with van der Waals surface area (Å²) in [5.74, 6) is -0.967. The highest BCUT2D eigenvalue weighted by Crippen LogP contribution is 2.33.